The van der Waals surface area contributed by atoms with Gasteiger partial charge in [0.1, 0.15) is 0 Å². The summed E-state index contributed by atoms with van der Waals surface area (Å²) in [6.45, 7) is 2.56. The van der Waals surface area contributed by atoms with Gasteiger partial charge in [-0.05, 0) is 36.8 Å². The lowest BCUT2D eigenvalue weighted by atomic mass is 10.1. The van der Waals surface area contributed by atoms with Crippen molar-refractivity contribution in [1.29, 1.82) is 0 Å². The second kappa shape index (κ2) is 6.79. The molecule has 2 aromatic carbocycles. The molecule has 0 unspecified atom stereocenters. The predicted molar refractivity (Wildman–Crippen MR) is 87.8 cm³/mol. The van der Waals surface area contributed by atoms with Gasteiger partial charge >= 0.3 is 6.03 Å². The van der Waals surface area contributed by atoms with Crippen LogP contribution in [0.5, 0.6) is 0 Å². The number of aryl methyl sites for hydroxylation is 1. The van der Waals surface area contributed by atoms with Crippen LogP contribution in [-0.4, -0.2) is 20.1 Å². The molecule has 2 amide bonds. The van der Waals surface area contributed by atoms with Gasteiger partial charge in [-0.3, -0.25) is 0 Å². The Hall–Kier alpha value is -2.49. The molecule has 0 bridgehead atoms. The number of carbonyl (C=O) groups is 1. The van der Waals surface area contributed by atoms with E-state index in [4.69, 9.17) is 0 Å². The number of urea groups is 1. The Morgan fingerprint density at radius 3 is 2.19 bits per heavy atom. The van der Waals surface area contributed by atoms with Crippen LogP contribution >= 0.6 is 0 Å². The maximum absolute atomic E-state index is 11.8. The van der Waals surface area contributed by atoms with Crippen molar-refractivity contribution < 1.29 is 4.79 Å². The van der Waals surface area contributed by atoms with Crippen LogP contribution in [0.4, 0.5) is 16.2 Å². The Labute approximate surface area is 125 Å². The Morgan fingerprint density at radius 2 is 1.62 bits per heavy atom. The van der Waals surface area contributed by atoms with Crippen LogP contribution in [0.2, 0.25) is 0 Å². The Morgan fingerprint density at radius 1 is 1.00 bits per heavy atom. The fourth-order valence-corrected chi connectivity index (χ4v) is 1.91. The second-order valence-electron chi connectivity index (χ2n) is 5.23. The molecule has 0 aliphatic carbocycles. The van der Waals surface area contributed by atoms with Crippen molar-refractivity contribution >= 4 is 17.4 Å². The van der Waals surface area contributed by atoms with E-state index in [9.17, 15) is 4.79 Å². The standard InChI is InChI=1S/C17H21N3O/c1-13-4-6-14(7-5-13)12-18-17(21)19-15-8-10-16(11-9-15)20(2)3/h4-11H,12H2,1-3H3,(H2,18,19,21). The molecular formula is C17H21N3O. The van der Waals surface area contributed by atoms with E-state index in [1.807, 2.05) is 74.4 Å². The number of hydrogen-bond donors (Lipinski definition) is 2. The average molecular weight is 283 g/mol. The van der Waals surface area contributed by atoms with Crippen molar-refractivity contribution in [3.8, 4) is 0 Å². The van der Waals surface area contributed by atoms with Gasteiger partial charge in [0.2, 0.25) is 0 Å². The first-order chi connectivity index (χ1) is 10.0. The number of anilines is 2. The first kappa shape index (κ1) is 14.9. The number of benzene rings is 2. The number of nitrogens with one attached hydrogen (secondary N) is 2. The Bertz CT molecular complexity index is 588. The van der Waals surface area contributed by atoms with Crippen LogP contribution in [0.25, 0.3) is 0 Å². The summed E-state index contributed by atoms with van der Waals surface area (Å²) in [4.78, 5) is 13.9. The molecule has 2 N–H and O–H groups in total. The van der Waals surface area contributed by atoms with E-state index in [1.165, 1.54) is 5.56 Å². The lowest BCUT2D eigenvalue weighted by Gasteiger charge is -2.13. The van der Waals surface area contributed by atoms with Gasteiger partial charge in [0.15, 0.2) is 0 Å². The lowest BCUT2D eigenvalue weighted by Crippen LogP contribution is -2.28. The normalized spacial score (nSPS) is 10.0. The number of nitrogens with zero attached hydrogens (tertiary/aromatic N) is 1. The van der Waals surface area contributed by atoms with Crippen LogP contribution in [0.1, 0.15) is 11.1 Å². The second-order valence-corrected chi connectivity index (χ2v) is 5.23. The molecule has 4 nitrogen and oxygen atoms in total. The summed E-state index contributed by atoms with van der Waals surface area (Å²) in [5, 5.41) is 5.66. The van der Waals surface area contributed by atoms with Gasteiger partial charge in [-0.25, -0.2) is 4.79 Å². The third-order valence-corrected chi connectivity index (χ3v) is 3.22. The van der Waals surface area contributed by atoms with E-state index in [-0.39, 0.29) is 6.03 Å². The van der Waals surface area contributed by atoms with E-state index in [0.29, 0.717) is 6.54 Å². The van der Waals surface area contributed by atoms with Crippen molar-refractivity contribution in [1.82, 2.24) is 5.32 Å². The number of carbonyl (C=O) groups excluding carboxylic acids is 1. The van der Waals surface area contributed by atoms with E-state index in [0.717, 1.165) is 16.9 Å². The molecular weight excluding hydrogens is 262 g/mol. The molecule has 0 atom stereocenters. The number of rotatable bonds is 4. The summed E-state index contributed by atoms with van der Waals surface area (Å²) < 4.78 is 0. The number of amides is 2. The van der Waals surface area contributed by atoms with Gasteiger partial charge in [0, 0.05) is 32.0 Å². The molecule has 0 spiro atoms. The molecule has 0 heterocycles. The topological polar surface area (TPSA) is 44.4 Å². The largest absolute Gasteiger partial charge is 0.378 e. The molecule has 4 heteroatoms. The predicted octanol–water partition coefficient (Wildman–Crippen LogP) is 3.38. The van der Waals surface area contributed by atoms with Crippen LogP contribution in [0, 0.1) is 6.92 Å². The minimum absolute atomic E-state index is 0.201. The van der Waals surface area contributed by atoms with Crippen LogP contribution in [0.15, 0.2) is 48.5 Å². The van der Waals surface area contributed by atoms with Crippen LogP contribution in [0.3, 0.4) is 0 Å². The van der Waals surface area contributed by atoms with Gasteiger partial charge in [0.25, 0.3) is 0 Å². The summed E-state index contributed by atoms with van der Waals surface area (Å²) >= 11 is 0. The minimum atomic E-state index is -0.201. The van der Waals surface area contributed by atoms with Crippen molar-refractivity contribution in [3.63, 3.8) is 0 Å². The van der Waals surface area contributed by atoms with Gasteiger partial charge in [-0.2, -0.15) is 0 Å². The third-order valence-electron chi connectivity index (χ3n) is 3.22. The molecule has 0 aromatic heterocycles. The first-order valence-electron chi connectivity index (χ1n) is 6.92. The zero-order valence-corrected chi connectivity index (χ0v) is 12.7. The molecule has 0 aliphatic heterocycles. The Balaban J connectivity index is 1.85. The monoisotopic (exact) mass is 283 g/mol. The average Bonchev–Trinajstić information content (AvgIpc) is 2.47. The lowest BCUT2D eigenvalue weighted by molar-refractivity contribution is 0.251. The highest BCUT2D eigenvalue weighted by molar-refractivity contribution is 5.89. The summed E-state index contributed by atoms with van der Waals surface area (Å²) in [6.07, 6.45) is 0. The molecule has 2 rings (SSSR count). The van der Waals surface area contributed by atoms with Crippen molar-refractivity contribution in [2.45, 2.75) is 13.5 Å². The fourth-order valence-electron chi connectivity index (χ4n) is 1.91. The van der Waals surface area contributed by atoms with E-state index in [2.05, 4.69) is 10.6 Å². The molecule has 0 aliphatic rings. The zero-order chi connectivity index (χ0) is 15.2. The van der Waals surface area contributed by atoms with Crippen LogP contribution in [-0.2, 0) is 6.54 Å². The SMILES string of the molecule is Cc1ccc(CNC(=O)Nc2ccc(N(C)C)cc2)cc1. The molecule has 0 saturated carbocycles. The molecule has 2 aromatic rings. The highest BCUT2D eigenvalue weighted by Gasteiger charge is 2.02. The first-order valence-corrected chi connectivity index (χ1v) is 6.92. The van der Waals surface area contributed by atoms with Gasteiger partial charge in [0.05, 0.1) is 0 Å². The van der Waals surface area contributed by atoms with Crippen molar-refractivity contribution in [2.75, 3.05) is 24.3 Å². The maximum atomic E-state index is 11.8. The smallest absolute Gasteiger partial charge is 0.319 e. The van der Waals surface area contributed by atoms with Gasteiger partial charge in [-0.1, -0.05) is 29.8 Å². The quantitative estimate of drug-likeness (QED) is 0.903. The maximum Gasteiger partial charge on any atom is 0.319 e. The number of hydrogen-bond acceptors (Lipinski definition) is 2. The highest BCUT2D eigenvalue weighted by Crippen LogP contribution is 2.15. The zero-order valence-electron chi connectivity index (χ0n) is 12.7. The van der Waals surface area contributed by atoms with Crippen LogP contribution < -0.4 is 15.5 Å². The summed E-state index contributed by atoms with van der Waals surface area (Å²) in [5.74, 6) is 0. The van der Waals surface area contributed by atoms with E-state index in [1.54, 1.807) is 0 Å². The molecule has 0 radical (unpaired) electrons. The third kappa shape index (κ3) is 4.53. The van der Waals surface area contributed by atoms with Crippen molar-refractivity contribution in [3.05, 3.63) is 59.7 Å². The minimum Gasteiger partial charge on any atom is -0.378 e. The molecule has 21 heavy (non-hydrogen) atoms. The van der Waals surface area contributed by atoms with Gasteiger partial charge in [-0.15, -0.1) is 0 Å². The molecule has 0 saturated heterocycles. The van der Waals surface area contributed by atoms with Crippen molar-refractivity contribution in [2.24, 2.45) is 0 Å². The van der Waals surface area contributed by atoms with E-state index >= 15 is 0 Å². The Kier molecular flexibility index (Phi) is 4.82. The summed E-state index contributed by atoms with van der Waals surface area (Å²) in [5.41, 5.74) is 4.17. The summed E-state index contributed by atoms with van der Waals surface area (Å²) in [6, 6.07) is 15.6. The fraction of sp³-hybridized carbons (Fsp3) is 0.235. The molecule has 0 fully saturated rings. The van der Waals surface area contributed by atoms with E-state index < -0.39 is 0 Å². The highest BCUT2D eigenvalue weighted by atomic mass is 16.2. The van der Waals surface area contributed by atoms with Gasteiger partial charge < -0.3 is 15.5 Å². The molecule has 110 valence electrons. The summed E-state index contributed by atoms with van der Waals surface area (Å²) in [7, 11) is 3.97.